The molecule has 1 aromatic carbocycles. The van der Waals surface area contributed by atoms with Crippen molar-refractivity contribution < 1.29 is 4.79 Å². The van der Waals surface area contributed by atoms with Crippen LogP contribution in [0, 0.1) is 5.92 Å². The Morgan fingerprint density at radius 3 is 2.72 bits per heavy atom. The number of H-pyrrole nitrogens is 1. The number of amides is 1. The van der Waals surface area contributed by atoms with Gasteiger partial charge >= 0.3 is 0 Å². The number of hydrogen-bond acceptors (Lipinski definition) is 3. The van der Waals surface area contributed by atoms with Crippen molar-refractivity contribution in [3.63, 3.8) is 0 Å². The number of nitrogens with one attached hydrogen (secondary N) is 2. The van der Waals surface area contributed by atoms with Crippen LogP contribution in [-0.4, -0.2) is 27.4 Å². The minimum absolute atomic E-state index is 0.0347. The normalized spacial score (nSPS) is 20.5. The van der Waals surface area contributed by atoms with E-state index in [9.17, 15) is 4.79 Å². The van der Waals surface area contributed by atoms with Crippen LogP contribution in [0.25, 0.3) is 11.0 Å². The van der Waals surface area contributed by atoms with E-state index < -0.39 is 0 Å². The monoisotopic (exact) mass is 334 g/mol. The summed E-state index contributed by atoms with van der Waals surface area (Å²) >= 11 is 0. The van der Waals surface area contributed by atoms with Gasteiger partial charge in [-0.25, -0.2) is 4.98 Å². The van der Waals surface area contributed by atoms with Gasteiger partial charge in [-0.05, 0) is 55.9 Å². The van der Waals surface area contributed by atoms with E-state index in [4.69, 9.17) is 4.98 Å². The number of fused-ring (bicyclic) bond motifs is 1. The first kappa shape index (κ1) is 15.8. The smallest absolute Gasteiger partial charge is 0.252 e. The SMILES string of the molecule is O=C(NCC1CCC(c2nc3ccccc3[nH]2)CC1)c1cccnc1. The second-order valence-corrected chi connectivity index (χ2v) is 6.81. The highest BCUT2D eigenvalue weighted by Crippen LogP contribution is 2.35. The number of carbonyl (C=O) groups excluding carboxylic acids is 1. The van der Waals surface area contributed by atoms with E-state index in [2.05, 4.69) is 27.4 Å². The van der Waals surface area contributed by atoms with Crippen LogP contribution < -0.4 is 5.32 Å². The first-order valence-electron chi connectivity index (χ1n) is 8.92. The number of para-hydroxylation sites is 2. The molecule has 0 spiro atoms. The standard InChI is InChI=1S/C20H22N4O/c25-20(16-4-3-11-21-13-16)22-12-14-7-9-15(10-8-14)19-23-17-5-1-2-6-18(17)24-19/h1-6,11,13-15H,7-10,12H2,(H,22,25)(H,23,24). The molecule has 25 heavy (non-hydrogen) atoms. The molecule has 2 heterocycles. The number of benzene rings is 1. The first-order chi connectivity index (χ1) is 12.3. The van der Waals surface area contributed by atoms with Crippen LogP contribution in [0.3, 0.4) is 0 Å². The predicted octanol–water partition coefficient (Wildman–Crippen LogP) is 3.66. The maximum Gasteiger partial charge on any atom is 0.252 e. The number of imidazole rings is 1. The van der Waals surface area contributed by atoms with E-state index in [-0.39, 0.29) is 5.91 Å². The lowest BCUT2D eigenvalue weighted by atomic mass is 9.81. The van der Waals surface area contributed by atoms with Crippen LogP contribution in [0.4, 0.5) is 0 Å². The van der Waals surface area contributed by atoms with E-state index in [1.165, 1.54) is 0 Å². The van der Waals surface area contributed by atoms with Gasteiger partial charge < -0.3 is 10.3 Å². The fourth-order valence-electron chi connectivity index (χ4n) is 3.64. The minimum Gasteiger partial charge on any atom is -0.352 e. The topological polar surface area (TPSA) is 70.7 Å². The summed E-state index contributed by atoms with van der Waals surface area (Å²) in [6, 6.07) is 11.8. The van der Waals surface area contributed by atoms with Crippen molar-refractivity contribution in [2.45, 2.75) is 31.6 Å². The average molecular weight is 334 g/mol. The Morgan fingerprint density at radius 1 is 1.12 bits per heavy atom. The van der Waals surface area contributed by atoms with Crippen molar-refractivity contribution in [1.29, 1.82) is 0 Å². The highest BCUT2D eigenvalue weighted by molar-refractivity contribution is 5.93. The summed E-state index contributed by atoms with van der Waals surface area (Å²) in [6.07, 6.45) is 7.76. The maximum absolute atomic E-state index is 12.1. The largest absolute Gasteiger partial charge is 0.352 e. The third-order valence-corrected chi connectivity index (χ3v) is 5.12. The van der Waals surface area contributed by atoms with Gasteiger partial charge in [-0.3, -0.25) is 9.78 Å². The number of hydrogen-bond donors (Lipinski definition) is 2. The number of aromatic nitrogens is 3. The fraction of sp³-hybridized carbons (Fsp3) is 0.350. The highest BCUT2D eigenvalue weighted by atomic mass is 16.1. The Bertz CT molecular complexity index is 817. The molecule has 5 nitrogen and oxygen atoms in total. The Balaban J connectivity index is 1.30. The molecule has 0 unspecified atom stereocenters. The number of rotatable bonds is 4. The van der Waals surface area contributed by atoms with Gasteiger partial charge in [-0.2, -0.15) is 0 Å². The van der Waals surface area contributed by atoms with E-state index in [0.717, 1.165) is 49.1 Å². The van der Waals surface area contributed by atoms with E-state index in [0.29, 0.717) is 17.4 Å². The Labute approximate surface area is 146 Å². The highest BCUT2D eigenvalue weighted by Gasteiger charge is 2.24. The summed E-state index contributed by atoms with van der Waals surface area (Å²) in [5, 5.41) is 3.04. The molecule has 0 saturated heterocycles. The molecule has 1 saturated carbocycles. The van der Waals surface area contributed by atoms with Crippen molar-refractivity contribution in [3.05, 3.63) is 60.2 Å². The van der Waals surface area contributed by atoms with E-state index in [1.54, 1.807) is 24.5 Å². The Kier molecular flexibility index (Phi) is 4.46. The number of nitrogens with zero attached hydrogens (tertiary/aromatic N) is 2. The lowest BCUT2D eigenvalue weighted by Gasteiger charge is -2.27. The van der Waals surface area contributed by atoms with Gasteiger partial charge in [-0.1, -0.05) is 12.1 Å². The van der Waals surface area contributed by atoms with Crippen molar-refractivity contribution in [1.82, 2.24) is 20.3 Å². The molecule has 0 aliphatic heterocycles. The van der Waals surface area contributed by atoms with Gasteiger partial charge in [-0.15, -0.1) is 0 Å². The molecule has 128 valence electrons. The van der Waals surface area contributed by atoms with Crippen molar-refractivity contribution >= 4 is 16.9 Å². The van der Waals surface area contributed by atoms with E-state index in [1.807, 2.05) is 12.1 Å². The lowest BCUT2D eigenvalue weighted by Crippen LogP contribution is -2.31. The molecule has 0 atom stereocenters. The molecule has 2 aromatic heterocycles. The first-order valence-corrected chi connectivity index (χ1v) is 8.92. The summed E-state index contributed by atoms with van der Waals surface area (Å²) in [7, 11) is 0. The van der Waals surface area contributed by atoms with Gasteiger partial charge in [0, 0.05) is 24.9 Å². The summed E-state index contributed by atoms with van der Waals surface area (Å²) in [5.74, 6) is 2.12. The molecular formula is C20H22N4O. The van der Waals surface area contributed by atoms with Crippen LogP contribution in [0.1, 0.15) is 47.8 Å². The van der Waals surface area contributed by atoms with Crippen molar-refractivity contribution in [2.24, 2.45) is 5.92 Å². The van der Waals surface area contributed by atoms with Crippen LogP contribution in [0.15, 0.2) is 48.8 Å². The van der Waals surface area contributed by atoms with Gasteiger partial charge in [0.1, 0.15) is 5.82 Å². The zero-order valence-corrected chi connectivity index (χ0v) is 14.1. The van der Waals surface area contributed by atoms with Crippen molar-refractivity contribution in [3.8, 4) is 0 Å². The second-order valence-electron chi connectivity index (χ2n) is 6.81. The minimum atomic E-state index is -0.0347. The number of carbonyl (C=O) groups is 1. The van der Waals surface area contributed by atoms with Crippen LogP contribution >= 0.6 is 0 Å². The summed E-state index contributed by atoms with van der Waals surface area (Å²) in [4.78, 5) is 24.3. The Hall–Kier alpha value is -2.69. The van der Waals surface area contributed by atoms with Crippen LogP contribution in [-0.2, 0) is 0 Å². The summed E-state index contributed by atoms with van der Waals surface area (Å²) in [6.45, 7) is 0.737. The van der Waals surface area contributed by atoms with E-state index >= 15 is 0 Å². The number of aromatic amines is 1. The third-order valence-electron chi connectivity index (χ3n) is 5.12. The molecule has 5 heteroatoms. The third kappa shape index (κ3) is 3.55. The molecule has 1 amide bonds. The van der Waals surface area contributed by atoms with Crippen LogP contribution in [0.5, 0.6) is 0 Å². The predicted molar refractivity (Wildman–Crippen MR) is 97.4 cm³/mol. The molecule has 2 N–H and O–H groups in total. The van der Waals surface area contributed by atoms with Crippen LogP contribution in [0.2, 0.25) is 0 Å². The molecule has 1 aliphatic carbocycles. The fourth-order valence-corrected chi connectivity index (χ4v) is 3.64. The second kappa shape index (κ2) is 7.05. The lowest BCUT2D eigenvalue weighted by molar-refractivity contribution is 0.0942. The molecule has 3 aromatic rings. The van der Waals surface area contributed by atoms with Gasteiger partial charge in [0.2, 0.25) is 0 Å². The summed E-state index contributed by atoms with van der Waals surface area (Å²) in [5.41, 5.74) is 2.78. The molecular weight excluding hydrogens is 312 g/mol. The summed E-state index contributed by atoms with van der Waals surface area (Å²) < 4.78 is 0. The maximum atomic E-state index is 12.1. The molecule has 0 bridgehead atoms. The zero-order valence-electron chi connectivity index (χ0n) is 14.1. The molecule has 0 radical (unpaired) electrons. The molecule has 4 rings (SSSR count). The zero-order chi connectivity index (χ0) is 17.1. The molecule has 1 aliphatic rings. The van der Waals surface area contributed by atoms with Gasteiger partial charge in [0.25, 0.3) is 5.91 Å². The number of pyridine rings is 1. The molecule has 1 fully saturated rings. The van der Waals surface area contributed by atoms with Gasteiger partial charge in [0.15, 0.2) is 0 Å². The quantitative estimate of drug-likeness (QED) is 0.765. The Morgan fingerprint density at radius 2 is 1.96 bits per heavy atom. The average Bonchev–Trinajstić information content (AvgIpc) is 3.11. The van der Waals surface area contributed by atoms with Crippen molar-refractivity contribution in [2.75, 3.05) is 6.54 Å². The van der Waals surface area contributed by atoms with Gasteiger partial charge in [0.05, 0.1) is 16.6 Å².